The molecule has 1 heterocycles. The third kappa shape index (κ3) is 5.54. The molecule has 2 fully saturated rings. The number of likely N-dealkylation sites (tertiary alicyclic amines) is 1. The van der Waals surface area contributed by atoms with Gasteiger partial charge in [0.05, 0.1) is 0 Å². The van der Waals surface area contributed by atoms with Crippen molar-refractivity contribution in [3.05, 3.63) is 35.9 Å². The van der Waals surface area contributed by atoms with Crippen molar-refractivity contribution in [1.82, 2.24) is 10.2 Å². The summed E-state index contributed by atoms with van der Waals surface area (Å²) in [5, 5.41) is 3.56. The molecule has 0 spiro atoms. The summed E-state index contributed by atoms with van der Waals surface area (Å²) in [6, 6.07) is 10.7. The predicted molar refractivity (Wildman–Crippen MR) is 91.2 cm³/mol. The summed E-state index contributed by atoms with van der Waals surface area (Å²) >= 11 is 0. The molecule has 23 heavy (non-hydrogen) atoms. The Morgan fingerprint density at radius 3 is 2.83 bits per heavy atom. The quantitative estimate of drug-likeness (QED) is 0.782. The first-order chi connectivity index (χ1) is 11.3. The number of carbonyl (C=O) groups excluding carboxylic acids is 1. The molecular weight excluding hydrogens is 288 g/mol. The lowest BCUT2D eigenvalue weighted by Gasteiger charge is -2.32. The monoisotopic (exact) mass is 316 g/mol. The lowest BCUT2D eigenvalue weighted by atomic mass is 9.93. The molecule has 1 saturated carbocycles. The lowest BCUT2D eigenvalue weighted by molar-refractivity contribution is 0.0777. The van der Waals surface area contributed by atoms with Crippen LogP contribution in [0.1, 0.15) is 44.1 Å². The molecule has 0 radical (unpaired) electrons. The van der Waals surface area contributed by atoms with Crippen LogP contribution >= 0.6 is 0 Å². The van der Waals surface area contributed by atoms with Crippen molar-refractivity contribution in [2.24, 2.45) is 5.92 Å². The Morgan fingerprint density at radius 1 is 1.22 bits per heavy atom. The molecule has 0 unspecified atom stereocenters. The molecule has 2 aliphatic rings. The molecular formula is C19H28N2O2. The van der Waals surface area contributed by atoms with Crippen LogP contribution in [-0.2, 0) is 11.3 Å². The molecule has 1 aliphatic carbocycles. The molecule has 1 saturated heterocycles. The first-order valence-corrected chi connectivity index (χ1v) is 9.00. The van der Waals surface area contributed by atoms with Gasteiger partial charge in [0, 0.05) is 19.1 Å². The number of nitrogens with zero attached hydrogens (tertiary/aromatic N) is 1. The van der Waals surface area contributed by atoms with E-state index in [-0.39, 0.29) is 6.09 Å². The largest absolute Gasteiger partial charge is 0.445 e. The van der Waals surface area contributed by atoms with Crippen molar-refractivity contribution in [3.63, 3.8) is 0 Å². The zero-order valence-corrected chi connectivity index (χ0v) is 13.9. The van der Waals surface area contributed by atoms with E-state index < -0.39 is 0 Å². The third-order valence-electron chi connectivity index (χ3n) is 4.78. The zero-order valence-electron chi connectivity index (χ0n) is 13.9. The number of benzene rings is 1. The summed E-state index contributed by atoms with van der Waals surface area (Å²) in [6.45, 7) is 3.19. The average Bonchev–Trinajstić information content (AvgIpc) is 3.42. The Labute approximate surface area is 139 Å². The molecule has 1 amide bonds. The minimum Gasteiger partial charge on any atom is -0.445 e. The molecule has 1 N–H and O–H groups in total. The summed E-state index contributed by atoms with van der Waals surface area (Å²) in [5.74, 6) is 0.633. The maximum atomic E-state index is 12.2. The number of rotatable bonds is 7. The van der Waals surface area contributed by atoms with Crippen LogP contribution in [0.15, 0.2) is 30.3 Å². The van der Waals surface area contributed by atoms with Gasteiger partial charge in [-0.1, -0.05) is 30.3 Å². The minimum absolute atomic E-state index is 0.158. The van der Waals surface area contributed by atoms with Crippen LogP contribution in [0.5, 0.6) is 0 Å². The number of hydrogen-bond acceptors (Lipinski definition) is 3. The number of carbonyl (C=O) groups is 1. The summed E-state index contributed by atoms with van der Waals surface area (Å²) < 4.78 is 5.46. The first kappa shape index (κ1) is 16.3. The smallest absolute Gasteiger partial charge is 0.410 e. The van der Waals surface area contributed by atoms with E-state index in [1.165, 1.54) is 32.1 Å². The van der Waals surface area contributed by atoms with E-state index in [1.54, 1.807) is 0 Å². The second kappa shape index (κ2) is 8.34. The molecule has 1 aliphatic heterocycles. The Kier molecular flexibility index (Phi) is 5.92. The van der Waals surface area contributed by atoms with Gasteiger partial charge in [-0.15, -0.1) is 0 Å². The number of hydrogen-bond donors (Lipinski definition) is 1. The zero-order chi connectivity index (χ0) is 15.9. The van der Waals surface area contributed by atoms with Gasteiger partial charge < -0.3 is 15.0 Å². The molecule has 0 aromatic heterocycles. The van der Waals surface area contributed by atoms with Gasteiger partial charge in [0.1, 0.15) is 6.61 Å². The van der Waals surface area contributed by atoms with Crippen molar-refractivity contribution < 1.29 is 9.53 Å². The number of ether oxygens (including phenoxy) is 1. The van der Waals surface area contributed by atoms with Crippen LogP contribution in [-0.4, -0.2) is 36.7 Å². The molecule has 1 aromatic carbocycles. The average molecular weight is 316 g/mol. The van der Waals surface area contributed by atoms with Crippen molar-refractivity contribution in [2.75, 3.05) is 19.6 Å². The summed E-state index contributed by atoms with van der Waals surface area (Å²) in [4.78, 5) is 14.1. The minimum atomic E-state index is -0.158. The van der Waals surface area contributed by atoms with Gasteiger partial charge in [-0.25, -0.2) is 4.79 Å². The van der Waals surface area contributed by atoms with Gasteiger partial charge in [0.2, 0.25) is 0 Å². The van der Waals surface area contributed by atoms with Crippen molar-refractivity contribution >= 4 is 6.09 Å². The summed E-state index contributed by atoms with van der Waals surface area (Å²) in [6.07, 6.45) is 7.31. The summed E-state index contributed by atoms with van der Waals surface area (Å²) in [5.41, 5.74) is 1.04. The van der Waals surface area contributed by atoms with Crippen LogP contribution in [0.2, 0.25) is 0 Å². The van der Waals surface area contributed by atoms with Gasteiger partial charge in [-0.2, -0.15) is 0 Å². The molecule has 3 rings (SSSR count). The van der Waals surface area contributed by atoms with Gasteiger partial charge in [-0.05, 0) is 56.6 Å². The Morgan fingerprint density at radius 2 is 2.04 bits per heavy atom. The fraction of sp³-hybridized carbons (Fsp3) is 0.632. The van der Waals surface area contributed by atoms with E-state index in [9.17, 15) is 4.79 Å². The van der Waals surface area contributed by atoms with Gasteiger partial charge in [0.15, 0.2) is 0 Å². The standard InChI is InChI=1S/C19H28N2O2/c22-19(23-15-17-6-2-1-3-7-17)21-13-5-9-16(14-21)8-4-12-20-18-10-11-18/h1-3,6-7,16,18,20H,4-5,8-15H2/t16-/m0/s1. The molecule has 4 nitrogen and oxygen atoms in total. The second-order valence-electron chi connectivity index (χ2n) is 6.87. The highest BCUT2D eigenvalue weighted by molar-refractivity contribution is 5.67. The van der Waals surface area contributed by atoms with E-state index >= 15 is 0 Å². The van der Waals surface area contributed by atoms with Crippen molar-refractivity contribution in [2.45, 2.75) is 51.2 Å². The number of nitrogens with one attached hydrogen (secondary N) is 1. The van der Waals surface area contributed by atoms with Crippen LogP contribution in [0.3, 0.4) is 0 Å². The van der Waals surface area contributed by atoms with Gasteiger partial charge >= 0.3 is 6.09 Å². The fourth-order valence-corrected chi connectivity index (χ4v) is 3.26. The van der Waals surface area contributed by atoms with Crippen LogP contribution in [0.25, 0.3) is 0 Å². The predicted octanol–water partition coefficient (Wildman–Crippen LogP) is 3.57. The van der Waals surface area contributed by atoms with Crippen LogP contribution in [0, 0.1) is 5.92 Å². The number of amides is 1. The molecule has 1 aromatic rings. The molecule has 1 atom stereocenters. The highest BCUT2D eigenvalue weighted by Crippen LogP contribution is 2.22. The Bertz CT molecular complexity index is 487. The molecule has 126 valence electrons. The van der Waals surface area contributed by atoms with Crippen LogP contribution < -0.4 is 5.32 Å². The van der Waals surface area contributed by atoms with Crippen LogP contribution in [0.4, 0.5) is 4.79 Å². The van der Waals surface area contributed by atoms with Crippen molar-refractivity contribution in [3.8, 4) is 0 Å². The van der Waals surface area contributed by atoms with Gasteiger partial charge in [-0.3, -0.25) is 0 Å². The highest BCUT2D eigenvalue weighted by Gasteiger charge is 2.25. The first-order valence-electron chi connectivity index (χ1n) is 9.00. The Balaban J connectivity index is 1.35. The maximum Gasteiger partial charge on any atom is 0.410 e. The SMILES string of the molecule is O=C(OCc1ccccc1)N1CCC[C@H](CCCNC2CC2)C1. The van der Waals surface area contributed by atoms with E-state index in [1.807, 2.05) is 35.2 Å². The van der Waals surface area contributed by atoms with E-state index in [4.69, 9.17) is 4.74 Å². The maximum absolute atomic E-state index is 12.2. The summed E-state index contributed by atoms with van der Waals surface area (Å²) in [7, 11) is 0. The highest BCUT2D eigenvalue weighted by atomic mass is 16.6. The van der Waals surface area contributed by atoms with Gasteiger partial charge in [0.25, 0.3) is 0 Å². The topological polar surface area (TPSA) is 41.6 Å². The molecule has 4 heteroatoms. The molecule has 0 bridgehead atoms. The van der Waals surface area contributed by atoms with Crippen molar-refractivity contribution in [1.29, 1.82) is 0 Å². The Hall–Kier alpha value is -1.55. The number of piperidine rings is 1. The fourth-order valence-electron chi connectivity index (χ4n) is 3.26. The third-order valence-corrected chi connectivity index (χ3v) is 4.78. The van der Waals surface area contributed by atoms with E-state index in [0.29, 0.717) is 12.5 Å². The van der Waals surface area contributed by atoms with E-state index in [0.717, 1.165) is 37.7 Å². The lowest BCUT2D eigenvalue weighted by Crippen LogP contribution is -2.40. The van der Waals surface area contributed by atoms with E-state index in [2.05, 4.69) is 5.32 Å². The second-order valence-corrected chi connectivity index (χ2v) is 6.87. The normalized spacial score (nSPS) is 21.2.